The summed E-state index contributed by atoms with van der Waals surface area (Å²) in [7, 11) is 0. The van der Waals surface area contributed by atoms with Crippen molar-refractivity contribution < 1.29 is 4.39 Å². The van der Waals surface area contributed by atoms with Crippen molar-refractivity contribution in [1.82, 2.24) is 0 Å². The quantitative estimate of drug-likeness (QED) is 0.512. The van der Waals surface area contributed by atoms with Gasteiger partial charge in [-0.25, -0.2) is 4.39 Å². The van der Waals surface area contributed by atoms with Crippen molar-refractivity contribution in [2.24, 2.45) is 0 Å². The lowest BCUT2D eigenvalue weighted by molar-refractivity contribution is 0.628. The zero-order valence-electron chi connectivity index (χ0n) is 5.85. The molecule has 0 bridgehead atoms. The van der Waals surface area contributed by atoms with E-state index in [0.717, 1.165) is 5.88 Å². The Morgan fingerprint density at radius 2 is 1.70 bits per heavy atom. The third-order valence-electron chi connectivity index (χ3n) is 0.733. The van der Waals surface area contributed by atoms with Gasteiger partial charge in [-0.1, -0.05) is 25.1 Å². The normalized spacial score (nSPS) is 7.90. The van der Waals surface area contributed by atoms with Gasteiger partial charge in [-0.3, -0.25) is 0 Å². The van der Waals surface area contributed by atoms with Gasteiger partial charge in [0.2, 0.25) is 0 Å². The van der Waals surface area contributed by atoms with Crippen LogP contribution in [0.25, 0.3) is 0 Å². The molecule has 2 heteroatoms. The number of rotatable bonds is 0. The second-order valence-corrected chi connectivity index (χ2v) is 2.10. The Labute approximate surface area is 65.6 Å². The van der Waals surface area contributed by atoms with E-state index in [4.69, 9.17) is 11.6 Å². The van der Waals surface area contributed by atoms with Crippen LogP contribution in [0.5, 0.6) is 0 Å². The SMILES string of the molecule is CCCl.Fc1ccccc1. The smallest absolute Gasteiger partial charge is 0.123 e. The zero-order valence-corrected chi connectivity index (χ0v) is 6.61. The van der Waals surface area contributed by atoms with Gasteiger partial charge in [0.15, 0.2) is 0 Å². The van der Waals surface area contributed by atoms with Crippen molar-refractivity contribution in [2.45, 2.75) is 6.92 Å². The minimum absolute atomic E-state index is 0.178. The molecule has 0 fully saturated rings. The molecule has 0 amide bonds. The highest BCUT2D eigenvalue weighted by Crippen LogP contribution is 1.91. The molecule has 0 saturated carbocycles. The fraction of sp³-hybridized carbons (Fsp3) is 0.250. The molecular weight excluding hydrogens is 151 g/mol. The fourth-order valence-corrected chi connectivity index (χ4v) is 0.415. The first kappa shape index (κ1) is 9.44. The number of halogens is 2. The van der Waals surface area contributed by atoms with Crippen LogP contribution in [-0.4, -0.2) is 5.88 Å². The van der Waals surface area contributed by atoms with E-state index in [2.05, 4.69) is 0 Å². The first-order valence-electron chi connectivity index (χ1n) is 3.07. The van der Waals surface area contributed by atoms with Crippen LogP contribution in [0.1, 0.15) is 6.92 Å². The Balaban J connectivity index is 0.000000236. The largest absolute Gasteiger partial charge is 0.207 e. The summed E-state index contributed by atoms with van der Waals surface area (Å²) in [5.41, 5.74) is 0. The Kier molecular flexibility index (Phi) is 6.19. The van der Waals surface area contributed by atoms with E-state index in [-0.39, 0.29) is 5.82 Å². The molecule has 10 heavy (non-hydrogen) atoms. The van der Waals surface area contributed by atoms with E-state index in [1.165, 1.54) is 12.1 Å². The highest BCUT2D eigenvalue weighted by molar-refractivity contribution is 6.17. The fourth-order valence-electron chi connectivity index (χ4n) is 0.415. The number of hydrogen-bond acceptors (Lipinski definition) is 0. The van der Waals surface area contributed by atoms with Crippen LogP contribution in [0.15, 0.2) is 30.3 Å². The minimum Gasteiger partial charge on any atom is -0.207 e. The second-order valence-electron chi connectivity index (χ2n) is 1.56. The molecule has 0 aliphatic carbocycles. The molecule has 1 aromatic rings. The summed E-state index contributed by atoms with van der Waals surface area (Å²) in [5, 5.41) is 0. The Morgan fingerprint density at radius 3 is 1.90 bits per heavy atom. The summed E-state index contributed by atoms with van der Waals surface area (Å²) >= 11 is 5.00. The minimum atomic E-state index is -0.178. The maximum atomic E-state index is 11.9. The molecule has 0 radical (unpaired) electrons. The number of benzene rings is 1. The van der Waals surface area contributed by atoms with Crippen LogP contribution in [-0.2, 0) is 0 Å². The highest BCUT2D eigenvalue weighted by atomic mass is 35.5. The van der Waals surface area contributed by atoms with Gasteiger partial charge in [0.05, 0.1) is 0 Å². The molecule has 0 unspecified atom stereocenters. The monoisotopic (exact) mass is 160 g/mol. The molecule has 0 N–H and O–H groups in total. The van der Waals surface area contributed by atoms with E-state index in [9.17, 15) is 4.39 Å². The van der Waals surface area contributed by atoms with Crippen molar-refractivity contribution in [3.05, 3.63) is 36.1 Å². The van der Waals surface area contributed by atoms with Crippen molar-refractivity contribution >= 4 is 11.6 Å². The maximum Gasteiger partial charge on any atom is 0.123 e. The lowest BCUT2D eigenvalue weighted by Crippen LogP contribution is -1.63. The van der Waals surface area contributed by atoms with Crippen LogP contribution < -0.4 is 0 Å². The molecule has 0 spiro atoms. The van der Waals surface area contributed by atoms with Gasteiger partial charge in [0, 0.05) is 5.88 Å². The molecule has 1 rings (SSSR count). The molecule has 1 aromatic carbocycles. The van der Waals surface area contributed by atoms with Crippen molar-refractivity contribution in [3.63, 3.8) is 0 Å². The maximum absolute atomic E-state index is 11.9. The number of alkyl halides is 1. The Bertz CT molecular complexity index is 151. The second kappa shape index (κ2) is 6.56. The van der Waals surface area contributed by atoms with Crippen LogP contribution >= 0.6 is 11.6 Å². The summed E-state index contributed by atoms with van der Waals surface area (Å²) in [6, 6.07) is 7.94. The van der Waals surface area contributed by atoms with E-state index < -0.39 is 0 Å². The van der Waals surface area contributed by atoms with Gasteiger partial charge >= 0.3 is 0 Å². The standard InChI is InChI=1S/C6H5F.C2H5Cl/c7-6-4-2-1-3-5-6;1-2-3/h1-5H;2H2,1H3. The van der Waals surface area contributed by atoms with Crippen molar-refractivity contribution in [3.8, 4) is 0 Å². The van der Waals surface area contributed by atoms with Crippen LogP contribution in [0, 0.1) is 5.82 Å². The summed E-state index contributed by atoms with van der Waals surface area (Å²) in [5.74, 6) is 0.544. The molecule has 0 aliphatic rings. The summed E-state index contributed by atoms with van der Waals surface area (Å²) in [6.45, 7) is 1.89. The van der Waals surface area contributed by atoms with Gasteiger partial charge in [-0.15, -0.1) is 11.6 Å². The number of hydrogen-bond donors (Lipinski definition) is 0. The molecule has 0 saturated heterocycles. The Hall–Kier alpha value is -0.560. The van der Waals surface area contributed by atoms with E-state index in [1.807, 2.05) is 6.92 Å². The molecule has 0 atom stereocenters. The predicted molar refractivity (Wildman–Crippen MR) is 42.8 cm³/mol. The van der Waals surface area contributed by atoms with Crippen molar-refractivity contribution in [2.75, 3.05) is 5.88 Å². The van der Waals surface area contributed by atoms with Gasteiger partial charge in [-0.05, 0) is 12.1 Å². The average molecular weight is 161 g/mol. The van der Waals surface area contributed by atoms with Gasteiger partial charge in [0.25, 0.3) is 0 Å². The predicted octanol–water partition coefficient (Wildman–Crippen LogP) is 3.07. The highest BCUT2D eigenvalue weighted by Gasteiger charge is 1.77. The molecule has 0 aromatic heterocycles. The Morgan fingerprint density at radius 1 is 1.30 bits per heavy atom. The molecule has 0 aliphatic heterocycles. The summed E-state index contributed by atoms with van der Waals surface area (Å²) in [4.78, 5) is 0. The molecule has 56 valence electrons. The van der Waals surface area contributed by atoms with Gasteiger partial charge in [0.1, 0.15) is 5.82 Å². The summed E-state index contributed by atoms with van der Waals surface area (Å²) < 4.78 is 11.9. The van der Waals surface area contributed by atoms with Crippen molar-refractivity contribution in [1.29, 1.82) is 0 Å². The lowest BCUT2D eigenvalue weighted by Gasteiger charge is -1.78. The third kappa shape index (κ3) is 5.57. The van der Waals surface area contributed by atoms with E-state index in [1.54, 1.807) is 18.2 Å². The summed E-state index contributed by atoms with van der Waals surface area (Å²) in [6.07, 6.45) is 0. The lowest BCUT2D eigenvalue weighted by atomic mass is 10.4. The molecule has 0 nitrogen and oxygen atoms in total. The van der Waals surface area contributed by atoms with Crippen LogP contribution in [0.4, 0.5) is 4.39 Å². The zero-order chi connectivity index (χ0) is 7.82. The third-order valence-corrected chi connectivity index (χ3v) is 0.733. The molecular formula is C8H10ClF. The van der Waals surface area contributed by atoms with E-state index in [0.29, 0.717) is 0 Å². The first-order chi connectivity index (χ1) is 4.81. The van der Waals surface area contributed by atoms with E-state index >= 15 is 0 Å². The molecule has 0 heterocycles. The first-order valence-corrected chi connectivity index (χ1v) is 3.61. The van der Waals surface area contributed by atoms with Gasteiger partial charge < -0.3 is 0 Å². The topological polar surface area (TPSA) is 0 Å². The van der Waals surface area contributed by atoms with Crippen LogP contribution in [0.2, 0.25) is 0 Å². The average Bonchev–Trinajstić information content (AvgIpc) is 1.91. The van der Waals surface area contributed by atoms with Gasteiger partial charge in [-0.2, -0.15) is 0 Å². The van der Waals surface area contributed by atoms with Crippen LogP contribution in [0.3, 0.4) is 0 Å².